The second kappa shape index (κ2) is 8.31. The van der Waals surface area contributed by atoms with Crippen LogP contribution in [0.1, 0.15) is 40.3 Å². The summed E-state index contributed by atoms with van der Waals surface area (Å²) in [4.78, 5) is 10.8. The molecule has 2 atom stereocenters. The fourth-order valence-electron chi connectivity index (χ4n) is 4.13. The van der Waals surface area contributed by atoms with Crippen LogP contribution in [0.15, 0.2) is 55.0 Å². The second-order valence-electron chi connectivity index (χ2n) is 7.31. The van der Waals surface area contributed by atoms with E-state index in [1.807, 2.05) is 42.7 Å². The van der Waals surface area contributed by atoms with E-state index >= 15 is 0 Å². The van der Waals surface area contributed by atoms with Gasteiger partial charge >= 0.3 is 0 Å². The smallest absolute Gasteiger partial charge is 0.170 e. The molecule has 1 aliphatic heterocycles. The lowest BCUT2D eigenvalue weighted by molar-refractivity contribution is 0.222. The van der Waals surface area contributed by atoms with Gasteiger partial charge < -0.3 is 19.9 Å². The molecule has 4 heterocycles. The minimum atomic E-state index is -0.0647. The average molecular weight is 408 g/mol. The maximum Gasteiger partial charge on any atom is 0.170 e. The number of β-amino-alcohol motifs (C(OH)–C–C–N with tert-alkyl or cyclic N) is 1. The molecule has 0 spiro atoms. The van der Waals surface area contributed by atoms with E-state index < -0.39 is 0 Å². The molecule has 0 unspecified atom stereocenters. The van der Waals surface area contributed by atoms with Gasteiger partial charge in [-0.25, -0.2) is 0 Å². The molecule has 2 N–H and O–H groups in total. The largest absolute Gasteiger partial charge is 0.395 e. The van der Waals surface area contributed by atoms with Crippen molar-refractivity contribution in [3.8, 4) is 0 Å². The fourth-order valence-corrected chi connectivity index (χ4v) is 4.47. The van der Waals surface area contributed by atoms with Gasteiger partial charge in [0.15, 0.2) is 5.11 Å². The summed E-state index contributed by atoms with van der Waals surface area (Å²) in [6.45, 7) is 5.60. The Morgan fingerprint density at radius 1 is 1.14 bits per heavy atom. The van der Waals surface area contributed by atoms with Gasteiger partial charge in [0.2, 0.25) is 0 Å². The van der Waals surface area contributed by atoms with Gasteiger partial charge in [0.05, 0.1) is 24.4 Å². The Labute approximate surface area is 176 Å². The van der Waals surface area contributed by atoms with E-state index in [0.29, 0.717) is 11.7 Å². The molecule has 0 radical (unpaired) electrons. The number of hydrogen-bond donors (Lipinski definition) is 2. The molecule has 4 rings (SSSR count). The summed E-state index contributed by atoms with van der Waals surface area (Å²) in [6, 6.07) is 12.2. The van der Waals surface area contributed by atoms with Crippen LogP contribution in [-0.2, 0) is 6.54 Å². The van der Waals surface area contributed by atoms with Gasteiger partial charge in [-0.15, -0.1) is 0 Å². The van der Waals surface area contributed by atoms with Crippen molar-refractivity contribution in [2.75, 3.05) is 13.2 Å². The number of thiocarbonyl (C=S) groups is 1. The molecule has 1 saturated heterocycles. The minimum Gasteiger partial charge on any atom is -0.395 e. The lowest BCUT2D eigenvalue weighted by Crippen LogP contribution is -2.32. The van der Waals surface area contributed by atoms with Crippen molar-refractivity contribution in [3.63, 3.8) is 0 Å². The van der Waals surface area contributed by atoms with E-state index in [9.17, 15) is 5.11 Å². The van der Waals surface area contributed by atoms with E-state index in [-0.39, 0.29) is 18.7 Å². The average Bonchev–Trinajstić information content (AvgIpc) is 3.21. The Bertz CT molecular complexity index is 989. The topological polar surface area (TPSA) is 66.2 Å². The highest BCUT2D eigenvalue weighted by Crippen LogP contribution is 2.40. The molecule has 150 valence electrons. The first-order valence-electron chi connectivity index (χ1n) is 9.74. The molecule has 6 nitrogen and oxygen atoms in total. The van der Waals surface area contributed by atoms with E-state index in [4.69, 9.17) is 12.2 Å². The molecule has 0 bridgehead atoms. The summed E-state index contributed by atoms with van der Waals surface area (Å²) in [6.07, 6.45) is 5.45. The fraction of sp³-hybridized carbons (Fsp3) is 0.318. The number of pyridine rings is 2. The van der Waals surface area contributed by atoms with E-state index in [1.165, 1.54) is 22.5 Å². The zero-order valence-electron chi connectivity index (χ0n) is 16.6. The number of aliphatic hydroxyl groups excluding tert-OH is 1. The molecule has 29 heavy (non-hydrogen) atoms. The quantitative estimate of drug-likeness (QED) is 0.613. The standard InChI is InChI=1S/C22H25N5OS/c1-15-13-18(16(2)27(15)14-17-6-9-23-10-7-17)21-20(19-5-3-4-8-24-19)25-22(29)26(21)11-12-28/h3-10,13,20-21,28H,11-12,14H2,1-2H3,(H,25,29)/t20-,21+/m0/s1. The number of rotatable bonds is 6. The predicted molar refractivity (Wildman–Crippen MR) is 116 cm³/mol. The van der Waals surface area contributed by atoms with Crippen LogP contribution in [0.5, 0.6) is 0 Å². The number of nitrogens with one attached hydrogen (secondary N) is 1. The van der Waals surface area contributed by atoms with Crippen LogP contribution in [0, 0.1) is 13.8 Å². The second-order valence-corrected chi connectivity index (χ2v) is 7.70. The summed E-state index contributed by atoms with van der Waals surface area (Å²) in [5.74, 6) is 0. The van der Waals surface area contributed by atoms with Crippen molar-refractivity contribution < 1.29 is 5.11 Å². The number of aryl methyl sites for hydroxylation is 1. The number of hydrogen-bond acceptors (Lipinski definition) is 4. The number of nitrogens with zero attached hydrogens (tertiary/aromatic N) is 4. The van der Waals surface area contributed by atoms with Gasteiger partial charge in [0, 0.05) is 43.1 Å². The third-order valence-electron chi connectivity index (χ3n) is 5.56. The van der Waals surface area contributed by atoms with E-state index in [0.717, 1.165) is 12.2 Å². The van der Waals surface area contributed by atoms with Gasteiger partial charge in [0.25, 0.3) is 0 Å². The first-order chi connectivity index (χ1) is 14.1. The van der Waals surface area contributed by atoms with Crippen molar-refractivity contribution in [1.29, 1.82) is 0 Å². The van der Waals surface area contributed by atoms with Crippen molar-refractivity contribution >= 4 is 17.3 Å². The summed E-state index contributed by atoms with van der Waals surface area (Å²) in [7, 11) is 0. The van der Waals surface area contributed by atoms with Gasteiger partial charge in [-0.2, -0.15) is 0 Å². The SMILES string of the molecule is Cc1cc([C@@H]2[C@H](c3ccccn3)NC(=S)N2CCO)c(C)n1Cc1ccncc1. The Morgan fingerprint density at radius 2 is 1.93 bits per heavy atom. The predicted octanol–water partition coefficient (Wildman–Crippen LogP) is 2.91. The zero-order chi connectivity index (χ0) is 20.4. The third kappa shape index (κ3) is 3.75. The Morgan fingerprint density at radius 3 is 2.62 bits per heavy atom. The van der Waals surface area contributed by atoms with Crippen LogP contribution in [-0.4, -0.2) is 42.8 Å². The minimum absolute atomic E-state index is 0.0260. The summed E-state index contributed by atoms with van der Waals surface area (Å²) >= 11 is 5.61. The maximum atomic E-state index is 9.63. The summed E-state index contributed by atoms with van der Waals surface area (Å²) in [5.41, 5.74) is 5.74. The van der Waals surface area contributed by atoms with Gasteiger partial charge in [-0.3, -0.25) is 9.97 Å². The highest BCUT2D eigenvalue weighted by Gasteiger charge is 2.40. The summed E-state index contributed by atoms with van der Waals surface area (Å²) < 4.78 is 2.32. The monoisotopic (exact) mass is 407 g/mol. The van der Waals surface area contributed by atoms with E-state index in [2.05, 4.69) is 44.7 Å². The molecular formula is C22H25N5OS. The molecule has 3 aromatic rings. The molecule has 1 fully saturated rings. The Balaban J connectivity index is 1.75. The maximum absolute atomic E-state index is 9.63. The van der Waals surface area contributed by atoms with Crippen molar-refractivity contribution in [3.05, 3.63) is 83.2 Å². The Kier molecular flexibility index (Phi) is 5.60. The molecule has 7 heteroatoms. The third-order valence-corrected chi connectivity index (χ3v) is 5.91. The van der Waals surface area contributed by atoms with E-state index in [1.54, 1.807) is 6.20 Å². The van der Waals surface area contributed by atoms with Crippen LogP contribution >= 0.6 is 12.2 Å². The van der Waals surface area contributed by atoms with Crippen molar-refractivity contribution in [2.45, 2.75) is 32.5 Å². The highest BCUT2D eigenvalue weighted by atomic mass is 32.1. The van der Waals surface area contributed by atoms with Crippen LogP contribution in [0.3, 0.4) is 0 Å². The Hall–Kier alpha value is -2.77. The zero-order valence-corrected chi connectivity index (χ0v) is 17.4. The molecule has 0 amide bonds. The molecule has 3 aromatic heterocycles. The molecule has 0 aromatic carbocycles. The van der Waals surface area contributed by atoms with Crippen LogP contribution in [0.4, 0.5) is 0 Å². The number of aliphatic hydroxyl groups is 1. The highest BCUT2D eigenvalue weighted by molar-refractivity contribution is 7.80. The van der Waals surface area contributed by atoms with Gasteiger partial charge in [-0.05, 0) is 67.5 Å². The van der Waals surface area contributed by atoms with Crippen LogP contribution < -0.4 is 5.32 Å². The first kappa shape index (κ1) is 19.5. The lowest BCUT2D eigenvalue weighted by Gasteiger charge is -2.27. The van der Waals surface area contributed by atoms with Crippen molar-refractivity contribution in [2.24, 2.45) is 0 Å². The van der Waals surface area contributed by atoms with Crippen LogP contribution in [0.2, 0.25) is 0 Å². The van der Waals surface area contributed by atoms with Gasteiger partial charge in [-0.1, -0.05) is 6.07 Å². The molecule has 1 aliphatic rings. The van der Waals surface area contributed by atoms with Gasteiger partial charge in [0.1, 0.15) is 0 Å². The molecule has 0 saturated carbocycles. The van der Waals surface area contributed by atoms with Crippen molar-refractivity contribution in [1.82, 2.24) is 24.8 Å². The molecular weight excluding hydrogens is 382 g/mol. The first-order valence-corrected chi connectivity index (χ1v) is 10.2. The number of aromatic nitrogens is 3. The van der Waals surface area contributed by atoms with Crippen LogP contribution in [0.25, 0.3) is 0 Å². The molecule has 0 aliphatic carbocycles. The summed E-state index contributed by atoms with van der Waals surface area (Å²) in [5, 5.41) is 13.7. The lowest BCUT2D eigenvalue weighted by atomic mass is 9.97. The normalized spacial score (nSPS) is 18.9.